The Balaban J connectivity index is 2.23. The van der Waals surface area contributed by atoms with Gasteiger partial charge in [0.05, 0.1) is 16.8 Å². The molecular formula is C17H27BN2O3. The highest BCUT2D eigenvalue weighted by Crippen LogP contribution is 2.36. The Bertz CT molecular complexity index is 584. The van der Waals surface area contributed by atoms with Crippen molar-refractivity contribution < 1.29 is 14.1 Å². The van der Waals surface area contributed by atoms with Crippen LogP contribution in [0.25, 0.3) is 0 Å². The summed E-state index contributed by atoms with van der Waals surface area (Å²) in [6.07, 6.45) is 1.72. The van der Waals surface area contributed by atoms with Gasteiger partial charge in [0.25, 0.3) is 5.91 Å². The molecule has 1 fully saturated rings. The summed E-state index contributed by atoms with van der Waals surface area (Å²) in [5, 5.41) is 2.93. The second kappa shape index (κ2) is 6.25. The standard InChI is InChI=1S/C17H27BN2O3/c1-11(2)9-20-15(21)14-8-13(10-19-12(14)3)18-22-16(4,5)17(6,7)23-18/h8,10-11H,9H2,1-7H3,(H,20,21). The van der Waals surface area contributed by atoms with Crippen molar-refractivity contribution in [3.8, 4) is 0 Å². The molecule has 1 aliphatic rings. The first-order valence-corrected chi connectivity index (χ1v) is 8.14. The average molecular weight is 318 g/mol. The summed E-state index contributed by atoms with van der Waals surface area (Å²) in [7, 11) is -0.509. The van der Waals surface area contributed by atoms with Gasteiger partial charge in [-0.05, 0) is 46.6 Å². The minimum absolute atomic E-state index is 0.109. The number of pyridine rings is 1. The van der Waals surface area contributed by atoms with E-state index in [-0.39, 0.29) is 5.91 Å². The van der Waals surface area contributed by atoms with E-state index in [0.717, 1.165) is 5.46 Å². The summed E-state index contributed by atoms with van der Waals surface area (Å²) < 4.78 is 12.1. The van der Waals surface area contributed by atoms with Gasteiger partial charge < -0.3 is 14.6 Å². The molecule has 1 aromatic rings. The van der Waals surface area contributed by atoms with Crippen molar-refractivity contribution in [2.24, 2.45) is 5.92 Å². The minimum atomic E-state index is -0.509. The predicted molar refractivity (Wildman–Crippen MR) is 91.9 cm³/mol. The maximum Gasteiger partial charge on any atom is 0.496 e. The third kappa shape index (κ3) is 3.75. The quantitative estimate of drug-likeness (QED) is 0.864. The van der Waals surface area contributed by atoms with Crippen LogP contribution in [-0.2, 0) is 9.31 Å². The second-order valence-electron chi connectivity index (χ2n) is 7.59. The Kier molecular flexibility index (Phi) is 4.88. The molecule has 5 nitrogen and oxygen atoms in total. The normalized spacial score (nSPS) is 19.2. The molecule has 1 saturated heterocycles. The largest absolute Gasteiger partial charge is 0.496 e. The van der Waals surface area contributed by atoms with Gasteiger partial charge in [-0.15, -0.1) is 0 Å². The van der Waals surface area contributed by atoms with Gasteiger partial charge in [-0.25, -0.2) is 0 Å². The molecule has 0 bridgehead atoms. The van der Waals surface area contributed by atoms with Crippen LogP contribution in [0.3, 0.4) is 0 Å². The number of aromatic nitrogens is 1. The van der Waals surface area contributed by atoms with Crippen LogP contribution in [0.15, 0.2) is 12.3 Å². The first-order valence-electron chi connectivity index (χ1n) is 8.14. The molecule has 2 rings (SSSR count). The van der Waals surface area contributed by atoms with Gasteiger partial charge in [0.2, 0.25) is 0 Å². The first-order chi connectivity index (χ1) is 10.5. The summed E-state index contributed by atoms with van der Waals surface area (Å²) in [6.45, 7) is 14.6. The van der Waals surface area contributed by atoms with Crippen molar-refractivity contribution in [3.05, 3.63) is 23.5 Å². The Labute approximate surface area is 139 Å². The first kappa shape index (κ1) is 18.0. The van der Waals surface area contributed by atoms with E-state index in [0.29, 0.717) is 23.7 Å². The third-order valence-corrected chi connectivity index (χ3v) is 4.55. The molecule has 0 unspecified atom stereocenters. The summed E-state index contributed by atoms with van der Waals surface area (Å²) in [6, 6.07) is 1.82. The minimum Gasteiger partial charge on any atom is -0.399 e. The molecule has 2 heterocycles. The second-order valence-corrected chi connectivity index (χ2v) is 7.59. The Morgan fingerprint density at radius 1 is 1.26 bits per heavy atom. The number of aryl methyl sites for hydroxylation is 1. The van der Waals surface area contributed by atoms with Crippen LogP contribution in [0, 0.1) is 12.8 Å². The van der Waals surface area contributed by atoms with Crippen LogP contribution in [0.1, 0.15) is 57.6 Å². The molecule has 1 N–H and O–H groups in total. The Hall–Kier alpha value is -1.40. The van der Waals surface area contributed by atoms with Crippen LogP contribution < -0.4 is 10.8 Å². The van der Waals surface area contributed by atoms with Crippen LogP contribution in [-0.4, -0.2) is 35.8 Å². The SMILES string of the molecule is Cc1ncc(B2OC(C)(C)C(C)(C)O2)cc1C(=O)NCC(C)C. The molecule has 0 aliphatic carbocycles. The van der Waals surface area contributed by atoms with Crippen molar-refractivity contribution in [3.63, 3.8) is 0 Å². The highest BCUT2D eigenvalue weighted by molar-refractivity contribution is 6.62. The molecule has 23 heavy (non-hydrogen) atoms. The third-order valence-electron chi connectivity index (χ3n) is 4.55. The molecule has 0 radical (unpaired) electrons. The van der Waals surface area contributed by atoms with Crippen LogP contribution >= 0.6 is 0 Å². The van der Waals surface area contributed by atoms with E-state index < -0.39 is 18.3 Å². The topological polar surface area (TPSA) is 60.5 Å². The fraction of sp³-hybridized carbons (Fsp3) is 0.647. The molecule has 0 atom stereocenters. The number of hydrogen-bond acceptors (Lipinski definition) is 4. The Morgan fingerprint density at radius 2 is 1.83 bits per heavy atom. The lowest BCUT2D eigenvalue weighted by Crippen LogP contribution is -2.41. The lowest BCUT2D eigenvalue weighted by molar-refractivity contribution is 0.00578. The number of rotatable bonds is 4. The number of nitrogens with one attached hydrogen (secondary N) is 1. The van der Waals surface area contributed by atoms with Crippen molar-refractivity contribution >= 4 is 18.5 Å². The summed E-state index contributed by atoms with van der Waals surface area (Å²) in [5.41, 5.74) is 1.21. The monoisotopic (exact) mass is 318 g/mol. The van der Waals surface area contributed by atoms with Gasteiger partial charge in [0.1, 0.15) is 0 Å². The lowest BCUT2D eigenvalue weighted by Gasteiger charge is -2.32. The zero-order valence-electron chi connectivity index (χ0n) is 15.2. The van der Waals surface area contributed by atoms with Crippen molar-refractivity contribution in [2.75, 3.05) is 6.54 Å². The molecule has 6 heteroatoms. The smallest absolute Gasteiger partial charge is 0.399 e. The summed E-state index contributed by atoms with van der Waals surface area (Å²) >= 11 is 0. The molecule has 0 saturated carbocycles. The Morgan fingerprint density at radius 3 is 2.35 bits per heavy atom. The van der Waals surface area contributed by atoms with E-state index in [4.69, 9.17) is 9.31 Å². The van der Waals surface area contributed by atoms with Crippen LogP contribution in [0.4, 0.5) is 0 Å². The van der Waals surface area contributed by atoms with Gasteiger partial charge >= 0.3 is 7.12 Å². The fourth-order valence-electron chi connectivity index (χ4n) is 2.28. The van der Waals surface area contributed by atoms with Crippen LogP contribution in [0.2, 0.25) is 0 Å². The predicted octanol–water partition coefficient (Wildman–Crippen LogP) is 2.08. The van der Waals surface area contributed by atoms with Gasteiger partial charge in [-0.2, -0.15) is 0 Å². The number of amides is 1. The van der Waals surface area contributed by atoms with E-state index in [1.807, 2.05) is 40.7 Å². The fourth-order valence-corrected chi connectivity index (χ4v) is 2.28. The van der Waals surface area contributed by atoms with E-state index in [2.05, 4.69) is 24.1 Å². The molecule has 1 aromatic heterocycles. The van der Waals surface area contributed by atoms with E-state index in [1.165, 1.54) is 0 Å². The molecule has 0 aromatic carbocycles. The number of carbonyl (C=O) groups excluding carboxylic acids is 1. The number of nitrogens with zero attached hydrogens (tertiary/aromatic N) is 1. The van der Waals surface area contributed by atoms with Crippen molar-refractivity contribution in [1.82, 2.24) is 10.3 Å². The maximum absolute atomic E-state index is 12.4. The van der Waals surface area contributed by atoms with E-state index in [9.17, 15) is 4.79 Å². The number of carbonyl (C=O) groups is 1. The molecular weight excluding hydrogens is 291 g/mol. The van der Waals surface area contributed by atoms with Crippen molar-refractivity contribution in [1.29, 1.82) is 0 Å². The van der Waals surface area contributed by atoms with Crippen LogP contribution in [0.5, 0.6) is 0 Å². The van der Waals surface area contributed by atoms with Gasteiger partial charge in [-0.1, -0.05) is 13.8 Å². The van der Waals surface area contributed by atoms with Gasteiger partial charge in [0.15, 0.2) is 0 Å². The summed E-state index contributed by atoms with van der Waals surface area (Å²) in [5.74, 6) is 0.292. The van der Waals surface area contributed by atoms with E-state index in [1.54, 1.807) is 6.20 Å². The molecule has 0 spiro atoms. The molecule has 1 amide bonds. The molecule has 1 aliphatic heterocycles. The van der Waals surface area contributed by atoms with Gasteiger partial charge in [0, 0.05) is 23.9 Å². The lowest BCUT2D eigenvalue weighted by atomic mass is 9.79. The zero-order chi connectivity index (χ0) is 17.4. The van der Waals surface area contributed by atoms with E-state index >= 15 is 0 Å². The van der Waals surface area contributed by atoms with Crippen molar-refractivity contribution in [2.45, 2.75) is 59.7 Å². The number of hydrogen-bond donors (Lipinski definition) is 1. The average Bonchev–Trinajstić information content (AvgIpc) is 2.65. The highest BCUT2D eigenvalue weighted by Gasteiger charge is 2.51. The molecule has 126 valence electrons. The summed E-state index contributed by atoms with van der Waals surface area (Å²) in [4.78, 5) is 16.7. The highest BCUT2D eigenvalue weighted by atomic mass is 16.7. The zero-order valence-corrected chi connectivity index (χ0v) is 15.2. The maximum atomic E-state index is 12.4. The van der Waals surface area contributed by atoms with Gasteiger partial charge in [-0.3, -0.25) is 9.78 Å².